The van der Waals surface area contributed by atoms with Gasteiger partial charge >= 0.3 is 0 Å². The summed E-state index contributed by atoms with van der Waals surface area (Å²) in [7, 11) is 1.60. The van der Waals surface area contributed by atoms with E-state index in [0.29, 0.717) is 10.8 Å². The molecule has 4 rings (SSSR count). The van der Waals surface area contributed by atoms with Crippen LogP contribution in [-0.4, -0.2) is 39.5 Å². The Morgan fingerprint density at radius 1 is 1.30 bits per heavy atom. The maximum atomic E-state index is 12.8. The van der Waals surface area contributed by atoms with Crippen LogP contribution in [0.15, 0.2) is 36.4 Å². The van der Waals surface area contributed by atoms with Crippen molar-refractivity contribution in [2.24, 2.45) is 0 Å². The molecule has 0 spiro atoms. The molecule has 2 amide bonds. The zero-order chi connectivity index (χ0) is 21.4. The summed E-state index contributed by atoms with van der Waals surface area (Å²) in [5.74, 6) is 0.564. The fourth-order valence-electron chi connectivity index (χ4n) is 3.45. The number of amides is 2. The molecule has 1 aliphatic rings. The van der Waals surface area contributed by atoms with Gasteiger partial charge in [-0.3, -0.25) is 19.7 Å². The molecule has 9 heteroatoms. The van der Waals surface area contributed by atoms with Crippen LogP contribution in [0.3, 0.4) is 0 Å². The zero-order valence-corrected chi connectivity index (χ0v) is 18.4. The Hall–Kier alpha value is -2.71. The highest BCUT2D eigenvalue weighted by molar-refractivity contribution is 8.00. The number of carbonyl (C=O) groups is 2. The smallest absolute Gasteiger partial charge is 0.260 e. The third kappa shape index (κ3) is 3.85. The molecule has 0 bridgehead atoms. The van der Waals surface area contributed by atoms with Crippen molar-refractivity contribution in [2.45, 2.75) is 25.8 Å². The summed E-state index contributed by atoms with van der Waals surface area (Å²) in [5, 5.41) is 7.15. The minimum Gasteiger partial charge on any atom is -0.497 e. The van der Waals surface area contributed by atoms with Crippen LogP contribution in [0.4, 0.5) is 0 Å². The molecular formula is C21H21ClN4O3S. The van der Waals surface area contributed by atoms with Gasteiger partial charge in [-0.1, -0.05) is 23.7 Å². The van der Waals surface area contributed by atoms with Crippen molar-refractivity contribution in [3.63, 3.8) is 0 Å². The molecule has 1 unspecified atom stereocenters. The lowest BCUT2D eigenvalue weighted by atomic mass is 10.1. The van der Waals surface area contributed by atoms with Gasteiger partial charge in [-0.05, 0) is 49.2 Å². The number of benzene rings is 2. The van der Waals surface area contributed by atoms with Crippen LogP contribution < -0.4 is 10.2 Å². The van der Waals surface area contributed by atoms with Crippen molar-refractivity contribution < 1.29 is 14.3 Å². The molecule has 1 saturated heterocycles. The molecule has 2 heterocycles. The summed E-state index contributed by atoms with van der Waals surface area (Å²) < 4.78 is 6.80. The first-order chi connectivity index (χ1) is 14.4. The van der Waals surface area contributed by atoms with Crippen LogP contribution in [0.1, 0.15) is 22.2 Å². The van der Waals surface area contributed by atoms with Crippen LogP contribution in [0.2, 0.25) is 5.02 Å². The van der Waals surface area contributed by atoms with Gasteiger partial charge in [0.15, 0.2) is 0 Å². The Morgan fingerprint density at radius 2 is 2.03 bits per heavy atom. The number of hydrogen-bond acceptors (Lipinski definition) is 5. The predicted octanol–water partition coefficient (Wildman–Crippen LogP) is 3.62. The second-order valence-corrected chi connectivity index (χ2v) is 8.57. The second-order valence-electron chi connectivity index (χ2n) is 7.10. The number of nitrogens with one attached hydrogen (secondary N) is 1. The average Bonchev–Trinajstić information content (AvgIpc) is 3.22. The first-order valence-electron chi connectivity index (χ1n) is 9.37. The number of carbonyl (C=O) groups excluding carboxylic acids is 2. The summed E-state index contributed by atoms with van der Waals surface area (Å²) in [6.07, 6.45) is 0. The van der Waals surface area contributed by atoms with E-state index >= 15 is 0 Å². The van der Waals surface area contributed by atoms with Gasteiger partial charge in [0.1, 0.15) is 17.7 Å². The van der Waals surface area contributed by atoms with Crippen LogP contribution in [-0.2, 0) is 16.1 Å². The lowest BCUT2D eigenvalue weighted by Crippen LogP contribution is -2.45. The van der Waals surface area contributed by atoms with Crippen molar-refractivity contribution in [1.29, 1.82) is 0 Å². The Balaban J connectivity index is 1.53. The van der Waals surface area contributed by atoms with E-state index in [1.807, 2.05) is 50.2 Å². The Bertz CT molecular complexity index is 1130. The monoisotopic (exact) mass is 444 g/mol. The largest absolute Gasteiger partial charge is 0.497 e. The molecule has 1 N–H and O–H groups in total. The van der Waals surface area contributed by atoms with Crippen LogP contribution in [0.25, 0.3) is 10.9 Å². The third-order valence-electron chi connectivity index (χ3n) is 5.02. The standard InChI is InChI=1S/C21H21ClN4O3S/c1-12-8-16-13(2)23-25(18(16)9-17(12)22)10-19(27)24-26-20(28)11-30-21(26)14-4-6-15(29-3)7-5-14/h4-9,21H,10-11H2,1-3H3,(H,24,27). The number of halogens is 1. The first kappa shape index (κ1) is 20.6. The number of hydrazine groups is 1. The van der Waals surface area contributed by atoms with Crippen molar-refractivity contribution in [2.75, 3.05) is 12.9 Å². The summed E-state index contributed by atoms with van der Waals surface area (Å²) in [6.45, 7) is 3.80. The highest BCUT2D eigenvalue weighted by Gasteiger charge is 2.34. The Kier molecular flexibility index (Phi) is 5.62. The average molecular weight is 445 g/mol. The molecule has 0 saturated carbocycles. The van der Waals surface area contributed by atoms with E-state index in [0.717, 1.165) is 33.5 Å². The molecule has 30 heavy (non-hydrogen) atoms. The lowest BCUT2D eigenvalue weighted by molar-refractivity contribution is -0.139. The number of aryl methyl sites for hydroxylation is 2. The molecule has 1 atom stereocenters. The van der Waals surface area contributed by atoms with Crippen LogP contribution >= 0.6 is 23.4 Å². The number of hydrogen-bond donors (Lipinski definition) is 1. The highest BCUT2D eigenvalue weighted by atomic mass is 35.5. The quantitative estimate of drug-likeness (QED) is 0.650. The van der Waals surface area contributed by atoms with Crippen LogP contribution in [0, 0.1) is 13.8 Å². The lowest BCUT2D eigenvalue weighted by Gasteiger charge is -2.24. The van der Waals surface area contributed by atoms with E-state index < -0.39 is 0 Å². The molecule has 7 nitrogen and oxygen atoms in total. The van der Waals surface area contributed by atoms with E-state index in [-0.39, 0.29) is 23.7 Å². The van der Waals surface area contributed by atoms with Crippen LogP contribution in [0.5, 0.6) is 5.75 Å². The topological polar surface area (TPSA) is 76.5 Å². The van der Waals surface area contributed by atoms with Gasteiger partial charge in [0, 0.05) is 10.4 Å². The molecule has 1 aromatic heterocycles. The molecule has 156 valence electrons. The number of thioether (sulfide) groups is 1. The molecule has 0 aliphatic carbocycles. The van der Waals surface area contributed by atoms with Crippen molar-refractivity contribution in [3.8, 4) is 5.75 Å². The van der Waals surface area contributed by atoms with E-state index in [4.69, 9.17) is 16.3 Å². The number of ether oxygens (including phenoxy) is 1. The van der Waals surface area contributed by atoms with Crippen molar-refractivity contribution in [1.82, 2.24) is 20.2 Å². The molecular weight excluding hydrogens is 424 g/mol. The van der Waals surface area contributed by atoms with Crippen molar-refractivity contribution >= 4 is 46.1 Å². The van der Waals surface area contributed by atoms with Gasteiger partial charge in [-0.15, -0.1) is 11.8 Å². The Labute approximate surface area is 183 Å². The van der Waals surface area contributed by atoms with Gasteiger partial charge < -0.3 is 4.74 Å². The number of fused-ring (bicyclic) bond motifs is 1. The fraction of sp³-hybridized carbons (Fsp3) is 0.286. The van der Waals surface area contributed by atoms with Gasteiger partial charge in [-0.25, -0.2) is 5.01 Å². The SMILES string of the molecule is COc1ccc(C2SCC(=O)N2NC(=O)Cn2nc(C)c3cc(C)c(Cl)cc32)cc1. The molecule has 2 aromatic carbocycles. The predicted molar refractivity (Wildman–Crippen MR) is 117 cm³/mol. The fourth-order valence-corrected chi connectivity index (χ4v) is 4.72. The Morgan fingerprint density at radius 3 is 2.73 bits per heavy atom. The molecule has 1 aliphatic heterocycles. The van der Waals surface area contributed by atoms with E-state index in [2.05, 4.69) is 10.5 Å². The first-order valence-corrected chi connectivity index (χ1v) is 10.8. The third-order valence-corrected chi connectivity index (χ3v) is 6.64. The minimum absolute atomic E-state index is 0.0203. The molecule has 3 aromatic rings. The minimum atomic E-state index is -0.328. The number of methoxy groups -OCH3 is 1. The van der Waals surface area contributed by atoms with Gasteiger partial charge in [0.2, 0.25) is 0 Å². The summed E-state index contributed by atoms with van der Waals surface area (Å²) in [5.41, 5.74) is 6.23. The van der Waals surface area contributed by atoms with Gasteiger partial charge in [-0.2, -0.15) is 5.10 Å². The molecule has 0 radical (unpaired) electrons. The highest BCUT2D eigenvalue weighted by Crippen LogP contribution is 2.37. The summed E-state index contributed by atoms with van der Waals surface area (Å²) in [6, 6.07) is 11.2. The van der Waals surface area contributed by atoms with E-state index in [1.165, 1.54) is 16.8 Å². The second kappa shape index (κ2) is 8.20. The number of rotatable bonds is 5. The maximum absolute atomic E-state index is 12.8. The van der Waals surface area contributed by atoms with Crippen molar-refractivity contribution in [3.05, 3.63) is 58.2 Å². The summed E-state index contributed by atoms with van der Waals surface area (Å²) in [4.78, 5) is 25.2. The molecule has 1 fully saturated rings. The maximum Gasteiger partial charge on any atom is 0.260 e. The van der Waals surface area contributed by atoms with E-state index in [1.54, 1.807) is 11.8 Å². The van der Waals surface area contributed by atoms with E-state index in [9.17, 15) is 9.59 Å². The normalized spacial score (nSPS) is 16.3. The number of nitrogens with zero attached hydrogens (tertiary/aromatic N) is 3. The van der Waals surface area contributed by atoms with Gasteiger partial charge in [0.05, 0.1) is 24.1 Å². The summed E-state index contributed by atoms with van der Waals surface area (Å²) >= 11 is 7.73. The zero-order valence-electron chi connectivity index (χ0n) is 16.8. The number of aromatic nitrogens is 2. The van der Waals surface area contributed by atoms with Gasteiger partial charge in [0.25, 0.3) is 11.8 Å².